The molecule has 0 unspecified atom stereocenters. The highest BCUT2D eigenvalue weighted by atomic mass is 15.1. The summed E-state index contributed by atoms with van der Waals surface area (Å²) in [5.41, 5.74) is 11.8. The van der Waals surface area contributed by atoms with Crippen LogP contribution in [0.15, 0.2) is 206 Å². The summed E-state index contributed by atoms with van der Waals surface area (Å²) in [6.45, 7) is 0. The highest BCUT2D eigenvalue weighted by molar-refractivity contribution is 6.12. The van der Waals surface area contributed by atoms with E-state index in [0.29, 0.717) is 0 Å². The number of fused-ring (bicyclic) bond motifs is 5. The molecule has 244 valence electrons. The number of rotatable bonds is 6. The molecule has 2 heteroatoms. The predicted molar refractivity (Wildman–Crippen MR) is 221 cm³/mol. The molecule has 1 heterocycles. The van der Waals surface area contributed by atoms with E-state index >= 15 is 0 Å². The molecule has 10 rings (SSSR count). The quantitative estimate of drug-likeness (QED) is 0.172. The minimum Gasteiger partial charge on any atom is -0.310 e. The van der Waals surface area contributed by atoms with Crippen LogP contribution in [0.4, 0.5) is 17.1 Å². The van der Waals surface area contributed by atoms with Crippen molar-refractivity contribution in [1.29, 1.82) is 0 Å². The number of nitrogens with zero attached hydrogens (tertiary/aromatic N) is 2. The molecule has 0 radical (unpaired) electrons. The summed E-state index contributed by atoms with van der Waals surface area (Å²) in [5.74, 6) is 0. The van der Waals surface area contributed by atoms with Crippen LogP contribution in [0.3, 0.4) is 0 Å². The normalized spacial score (nSPS) is 11.5. The molecule has 1 aromatic heterocycles. The molecular weight excluding hydrogens is 629 g/mol. The van der Waals surface area contributed by atoms with Gasteiger partial charge < -0.3 is 9.47 Å². The summed E-state index contributed by atoms with van der Waals surface area (Å²) in [4.78, 5) is 2.39. The molecule has 10 aromatic rings. The molecule has 0 atom stereocenters. The fourth-order valence-corrected chi connectivity index (χ4v) is 8.07. The lowest BCUT2D eigenvalue weighted by Gasteiger charge is -2.28. The molecule has 0 saturated carbocycles. The van der Waals surface area contributed by atoms with Crippen molar-refractivity contribution in [3.63, 3.8) is 0 Å². The SMILES string of the molecule is c1ccc(-c2cccc3cccc(-c4ccc(N(c5ccccc5)c5ccc(-n6c7ccccc7c7ccccc76)c6ccccc56)cc4)c23)cc1. The Balaban J connectivity index is 1.14. The second-order valence-corrected chi connectivity index (χ2v) is 13.3. The van der Waals surface area contributed by atoms with E-state index in [1.165, 1.54) is 71.3 Å². The lowest BCUT2D eigenvalue weighted by atomic mass is 9.91. The third-order valence-corrected chi connectivity index (χ3v) is 10.4. The smallest absolute Gasteiger partial charge is 0.0542 e. The molecule has 0 aliphatic heterocycles. The van der Waals surface area contributed by atoms with E-state index in [0.717, 1.165) is 17.1 Å². The van der Waals surface area contributed by atoms with Gasteiger partial charge in [0.15, 0.2) is 0 Å². The molecule has 0 saturated heterocycles. The van der Waals surface area contributed by atoms with Crippen LogP contribution in [0.5, 0.6) is 0 Å². The highest BCUT2D eigenvalue weighted by Gasteiger charge is 2.20. The number of hydrogen-bond acceptors (Lipinski definition) is 1. The first kappa shape index (κ1) is 30.0. The van der Waals surface area contributed by atoms with Gasteiger partial charge in [0.25, 0.3) is 0 Å². The van der Waals surface area contributed by atoms with Gasteiger partial charge in [-0.25, -0.2) is 0 Å². The molecule has 0 aliphatic rings. The number of hydrogen-bond donors (Lipinski definition) is 0. The van der Waals surface area contributed by atoms with Crippen LogP contribution in [0.25, 0.3) is 71.3 Å². The van der Waals surface area contributed by atoms with Crippen LogP contribution in [0.2, 0.25) is 0 Å². The van der Waals surface area contributed by atoms with Gasteiger partial charge in [-0.05, 0) is 81.6 Å². The van der Waals surface area contributed by atoms with E-state index in [2.05, 4.69) is 216 Å². The van der Waals surface area contributed by atoms with Crippen molar-refractivity contribution in [3.05, 3.63) is 206 Å². The van der Waals surface area contributed by atoms with Gasteiger partial charge in [-0.15, -0.1) is 0 Å². The molecule has 0 aliphatic carbocycles. The zero-order valence-corrected chi connectivity index (χ0v) is 28.5. The number of aromatic nitrogens is 1. The van der Waals surface area contributed by atoms with Gasteiger partial charge >= 0.3 is 0 Å². The lowest BCUT2D eigenvalue weighted by molar-refractivity contribution is 1.19. The Hall–Kier alpha value is -6.90. The summed E-state index contributed by atoms with van der Waals surface area (Å²) >= 11 is 0. The third-order valence-electron chi connectivity index (χ3n) is 10.4. The fourth-order valence-electron chi connectivity index (χ4n) is 8.07. The molecule has 0 bridgehead atoms. The van der Waals surface area contributed by atoms with E-state index in [-0.39, 0.29) is 0 Å². The van der Waals surface area contributed by atoms with Gasteiger partial charge in [0.2, 0.25) is 0 Å². The zero-order valence-electron chi connectivity index (χ0n) is 28.5. The van der Waals surface area contributed by atoms with E-state index < -0.39 is 0 Å². The van der Waals surface area contributed by atoms with Crippen molar-refractivity contribution in [2.75, 3.05) is 4.90 Å². The second kappa shape index (κ2) is 12.5. The third kappa shape index (κ3) is 4.88. The molecule has 52 heavy (non-hydrogen) atoms. The molecular formula is C50H34N2. The number of anilines is 3. The van der Waals surface area contributed by atoms with Crippen molar-refractivity contribution in [1.82, 2.24) is 4.57 Å². The fraction of sp³-hybridized carbons (Fsp3) is 0. The Morgan fingerprint density at radius 3 is 1.46 bits per heavy atom. The van der Waals surface area contributed by atoms with Crippen LogP contribution < -0.4 is 4.90 Å². The Kier molecular flexibility index (Phi) is 7.18. The summed E-state index contributed by atoms with van der Waals surface area (Å²) in [6, 6.07) is 74.6. The molecule has 0 fully saturated rings. The number of para-hydroxylation sites is 3. The Bertz CT molecular complexity index is 2830. The molecule has 9 aromatic carbocycles. The van der Waals surface area contributed by atoms with Gasteiger partial charge in [0, 0.05) is 32.9 Å². The van der Waals surface area contributed by atoms with Crippen molar-refractivity contribution in [3.8, 4) is 27.9 Å². The Morgan fingerprint density at radius 1 is 0.327 bits per heavy atom. The average molecular weight is 663 g/mol. The zero-order chi connectivity index (χ0) is 34.4. The highest BCUT2D eigenvalue weighted by Crippen LogP contribution is 2.43. The van der Waals surface area contributed by atoms with E-state index in [4.69, 9.17) is 0 Å². The lowest BCUT2D eigenvalue weighted by Crippen LogP contribution is -2.11. The van der Waals surface area contributed by atoms with Crippen molar-refractivity contribution in [2.24, 2.45) is 0 Å². The van der Waals surface area contributed by atoms with Gasteiger partial charge in [0.1, 0.15) is 0 Å². The van der Waals surface area contributed by atoms with Crippen LogP contribution in [0.1, 0.15) is 0 Å². The first-order chi connectivity index (χ1) is 25.8. The van der Waals surface area contributed by atoms with E-state index in [9.17, 15) is 0 Å². The molecule has 0 amide bonds. The minimum atomic E-state index is 1.10. The van der Waals surface area contributed by atoms with Gasteiger partial charge in [-0.3, -0.25) is 0 Å². The number of benzene rings is 9. The van der Waals surface area contributed by atoms with Crippen LogP contribution in [-0.2, 0) is 0 Å². The Labute approximate surface area is 303 Å². The molecule has 0 spiro atoms. The monoisotopic (exact) mass is 662 g/mol. The van der Waals surface area contributed by atoms with Gasteiger partial charge in [0.05, 0.1) is 22.4 Å². The first-order valence-electron chi connectivity index (χ1n) is 17.9. The Morgan fingerprint density at radius 2 is 0.827 bits per heavy atom. The molecule has 2 nitrogen and oxygen atoms in total. The van der Waals surface area contributed by atoms with Crippen LogP contribution in [-0.4, -0.2) is 4.57 Å². The minimum absolute atomic E-state index is 1.10. The van der Waals surface area contributed by atoms with Gasteiger partial charge in [-0.2, -0.15) is 0 Å². The van der Waals surface area contributed by atoms with E-state index in [1.807, 2.05) is 0 Å². The van der Waals surface area contributed by atoms with Crippen molar-refractivity contribution in [2.45, 2.75) is 0 Å². The summed E-state index contributed by atoms with van der Waals surface area (Å²) in [7, 11) is 0. The standard InChI is InChI=1S/C50H34N2/c1-3-15-35(16-4-1)40-25-13-17-37-18-14-26-41(50(37)40)36-29-31-39(32-30-36)51(38-19-5-2-6-20-38)48-33-34-49(45-22-8-7-21-44(45)48)52-46-27-11-9-23-42(46)43-24-10-12-28-47(43)52/h1-34H. The second-order valence-electron chi connectivity index (χ2n) is 13.3. The van der Waals surface area contributed by atoms with E-state index in [1.54, 1.807) is 0 Å². The topological polar surface area (TPSA) is 8.17 Å². The maximum absolute atomic E-state index is 2.42. The largest absolute Gasteiger partial charge is 0.310 e. The molecule has 0 N–H and O–H groups in total. The first-order valence-corrected chi connectivity index (χ1v) is 17.9. The predicted octanol–water partition coefficient (Wildman–Crippen LogP) is 13.9. The van der Waals surface area contributed by atoms with Crippen LogP contribution in [0, 0.1) is 0 Å². The van der Waals surface area contributed by atoms with Crippen molar-refractivity contribution < 1.29 is 0 Å². The summed E-state index contributed by atoms with van der Waals surface area (Å²) in [6.07, 6.45) is 0. The van der Waals surface area contributed by atoms with Gasteiger partial charge in [-0.1, -0.05) is 158 Å². The summed E-state index contributed by atoms with van der Waals surface area (Å²) in [5, 5.41) is 7.43. The summed E-state index contributed by atoms with van der Waals surface area (Å²) < 4.78 is 2.42. The van der Waals surface area contributed by atoms with Crippen LogP contribution >= 0.6 is 0 Å². The maximum atomic E-state index is 2.42. The van der Waals surface area contributed by atoms with Crippen molar-refractivity contribution >= 4 is 60.4 Å². The maximum Gasteiger partial charge on any atom is 0.0542 e. The average Bonchev–Trinajstić information content (AvgIpc) is 3.56.